The quantitative estimate of drug-likeness (QED) is 0.707. The van der Waals surface area contributed by atoms with Crippen LogP contribution < -0.4 is 19.5 Å². The topological polar surface area (TPSA) is 88.1 Å². The number of rotatable bonds is 4. The molecule has 0 saturated carbocycles. The number of carboxylic acids is 1. The van der Waals surface area contributed by atoms with Crippen LogP contribution in [0.15, 0.2) is 30.4 Å². The molecule has 1 aromatic rings. The van der Waals surface area contributed by atoms with Gasteiger partial charge in [0, 0.05) is 18.0 Å². The highest BCUT2D eigenvalue weighted by atomic mass is 16.5. The van der Waals surface area contributed by atoms with Gasteiger partial charge in [-0.1, -0.05) is 12.2 Å². The smallest absolute Gasteiger partial charge is 0.234 e. The Balaban J connectivity index is 1.74. The Kier molecular flexibility index (Phi) is 3.11. The van der Waals surface area contributed by atoms with Gasteiger partial charge in [-0.15, -0.1) is 0 Å². The van der Waals surface area contributed by atoms with Crippen LogP contribution in [-0.4, -0.2) is 44.3 Å². The highest BCUT2D eigenvalue weighted by molar-refractivity contribution is 6.03. The molecule has 126 valence electrons. The molecule has 3 aliphatic rings. The number of hydrogen-bond acceptors (Lipinski definition) is 6. The first-order valence-corrected chi connectivity index (χ1v) is 7.62. The van der Waals surface area contributed by atoms with Crippen LogP contribution in [0.5, 0.6) is 11.5 Å². The van der Waals surface area contributed by atoms with Crippen molar-refractivity contribution < 1.29 is 28.9 Å². The van der Waals surface area contributed by atoms with Crippen LogP contribution in [0.25, 0.3) is 0 Å². The van der Waals surface area contributed by atoms with E-state index in [-0.39, 0.29) is 12.5 Å². The number of carboxylic acid groups (broad SMARTS) is 1. The maximum atomic E-state index is 12.9. The molecule has 3 heterocycles. The molecule has 4 rings (SSSR count). The Morgan fingerprint density at radius 1 is 1.38 bits per heavy atom. The van der Waals surface area contributed by atoms with Gasteiger partial charge in [0.1, 0.15) is 17.1 Å². The zero-order valence-corrected chi connectivity index (χ0v) is 13.2. The molecule has 24 heavy (non-hydrogen) atoms. The molecular weight excluding hydrogens is 314 g/mol. The van der Waals surface area contributed by atoms with Crippen LogP contribution in [0.4, 0.5) is 5.69 Å². The summed E-state index contributed by atoms with van der Waals surface area (Å²) < 4.78 is 16.4. The van der Waals surface area contributed by atoms with E-state index in [0.29, 0.717) is 17.2 Å². The summed E-state index contributed by atoms with van der Waals surface area (Å²) in [5, 5.41) is 11.5. The van der Waals surface area contributed by atoms with Gasteiger partial charge in [-0.25, -0.2) is 0 Å². The van der Waals surface area contributed by atoms with Crippen molar-refractivity contribution in [3.8, 4) is 11.5 Å². The minimum atomic E-state index is -1.26. The Hall–Kier alpha value is -2.54. The second-order valence-electron chi connectivity index (χ2n) is 6.18. The van der Waals surface area contributed by atoms with E-state index in [0.717, 1.165) is 0 Å². The molecule has 2 saturated heterocycles. The minimum Gasteiger partial charge on any atom is -0.550 e. The predicted molar refractivity (Wildman–Crippen MR) is 80.6 cm³/mol. The first kappa shape index (κ1) is 15.0. The summed E-state index contributed by atoms with van der Waals surface area (Å²) in [6.07, 6.45) is 2.91. The fraction of sp³-hybridized carbons (Fsp3) is 0.412. The number of fused-ring (bicyclic) bond motifs is 1. The monoisotopic (exact) mass is 330 g/mol. The molecule has 0 N–H and O–H groups in total. The lowest BCUT2D eigenvalue weighted by atomic mass is 9.77. The fourth-order valence-electron chi connectivity index (χ4n) is 3.98. The Bertz CT molecular complexity index is 759. The molecule has 1 amide bonds. The minimum absolute atomic E-state index is 0.246. The zero-order chi connectivity index (χ0) is 17.1. The summed E-state index contributed by atoms with van der Waals surface area (Å²) in [5.41, 5.74) is -0.345. The summed E-state index contributed by atoms with van der Waals surface area (Å²) in [6, 6.07) is 5.12. The predicted octanol–water partition coefficient (Wildman–Crippen LogP) is -0.260. The standard InChI is InChI=1S/C17H17NO6/c1-22-9-3-4-10(12(7-9)23-2)18-8-17-6-5-11(24-17)13(16(20)21)14(17)15(18)19/h3-7,11,13-14H,8H2,1-2H3,(H,20,21)/p-1/t11-,13-,14-,17+/m0/s1. The van der Waals surface area contributed by atoms with Crippen molar-refractivity contribution in [1.29, 1.82) is 0 Å². The molecule has 0 radical (unpaired) electrons. The molecule has 2 fully saturated rings. The fourth-order valence-corrected chi connectivity index (χ4v) is 3.98. The largest absolute Gasteiger partial charge is 0.550 e. The molecule has 3 aliphatic heterocycles. The number of carbonyl (C=O) groups excluding carboxylic acids is 2. The average molecular weight is 330 g/mol. The van der Waals surface area contributed by atoms with Crippen molar-refractivity contribution in [1.82, 2.24) is 0 Å². The SMILES string of the molecule is COc1ccc(N2C[C@@]34C=C[C@H](O3)[C@H](C(=O)[O-])[C@H]4C2=O)c(OC)c1. The molecule has 2 bridgehead atoms. The van der Waals surface area contributed by atoms with Crippen LogP contribution >= 0.6 is 0 Å². The maximum absolute atomic E-state index is 12.9. The summed E-state index contributed by atoms with van der Waals surface area (Å²) in [4.78, 5) is 26.0. The van der Waals surface area contributed by atoms with E-state index in [1.165, 1.54) is 12.0 Å². The van der Waals surface area contributed by atoms with Crippen molar-refractivity contribution in [2.45, 2.75) is 11.7 Å². The number of carbonyl (C=O) groups is 2. The molecule has 4 atom stereocenters. The number of methoxy groups -OCH3 is 2. The average Bonchev–Trinajstić information content (AvgIpc) is 3.22. The zero-order valence-electron chi connectivity index (χ0n) is 13.2. The first-order chi connectivity index (χ1) is 11.5. The molecule has 0 unspecified atom stereocenters. The summed E-state index contributed by atoms with van der Waals surface area (Å²) in [5.74, 6) is -2.21. The summed E-state index contributed by atoms with van der Waals surface area (Å²) in [7, 11) is 3.05. The van der Waals surface area contributed by atoms with Crippen LogP contribution in [0.3, 0.4) is 0 Å². The molecule has 1 aromatic carbocycles. The molecule has 7 heteroatoms. The molecule has 1 spiro atoms. The van der Waals surface area contributed by atoms with Gasteiger partial charge in [0.15, 0.2) is 0 Å². The highest BCUT2D eigenvalue weighted by Crippen LogP contribution is 2.53. The summed E-state index contributed by atoms with van der Waals surface area (Å²) in [6.45, 7) is 0.246. The van der Waals surface area contributed by atoms with Crippen molar-refractivity contribution in [2.75, 3.05) is 25.7 Å². The van der Waals surface area contributed by atoms with E-state index in [1.807, 2.05) is 0 Å². The van der Waals surface area contributed by atoms with Crippen molar-refractivity contribution in [3.63, 3.8) is 0 Å². The highest BCUT2D eigenvalue weighted by Gasteiger charge is 2.65. The third kappa shape index (κ3) is 1.81. The number of ether oxygens (including phenoxy) is 3. The number of aliphatic carboxylic acids is 1. The third-order valence-electron chi connectivity index (χ3n) is 5.05. The van der Waals surface area contributed by atoms with Gasteiger partial charge >= 0.3 is 0 Å². The lowest BCUT2D eigenvalue weighted by Gasteiger charge is -2.24. The Labute approximate surface area is 138 Å². The normalized spacial score (nSPS) is 33.0. The van der Waals surface area contributed by atoms with E-state index in [2.05, 4.69) is 0 Å². The van der Waals surface area contributed by atoms with Crippen molar-refractivity contribution in [2.24, 2.45) is 11.8 Å². The van der Waals surface area contributed by atoms with E-state index in [1.54, 1.807) is 37.5 Å². The van der Waals surface area contributed by atoms with Gasteiger partial charge < -0.3 is 29.0 Å². The molecule has 0 aromatic heterocycles. The van der Waals surface area contributed by atoms with Crippen molar-refractivity contribution >= 4 is 17.6 Å². The summed E-state index contributed by atoms with van der Waals surface area (Å²) >= 11 is 0. The van der Waals surface area contributed by atoms with Crippen LogP contribution in [0, 0.1) is 11.8 Å². The van der Waals surface area contributed by atoms with Gasteiger partial charge in [-0.3, -0.25) is 4.79 Å². The molecular formula is C17H16NO6-. The Morgan fingerprint density at radius 3 is 2.83 bits per heavy atom. The Morgan fingerprint density at radius 2 is 2.17 bits per heavy atom. The second kappa shape index (κ2) is 4.98. The molecule has 7 nitrogen and oxygen atoms in total. The second-order valence-corrected chi connectivity index (χ2v) is 6.18. The van der Waals surface area contributed by atoms with Gasteiger partial charge in [0.2, 0.25) is 5.91 Å². The number of nitrogens with zero attached hydrogens (tertiary/aromatic N) is 1. The van der Waals surface area contributed by atoms with Crippen molar-refractivity contribution in [3.05, 3.63) is 30.4 Å². The van der Waals surface area contributed by atoms with E-state index in [4.69, 9.17) is 14.2 Å². The number of amides is 1. The third-order valence-corrected chi connectivity index (χ3v) is 5.05. The van der Waals surface area contributed by atoms with Gasteiger partial charge in [-0.05, 0) is 12.1 Å². The van der Waals surface area contributed by atoms with E-state index < -0.39 is 29.5 Å². The lowest BCUT2D eigenvalue weighted by molar-refractivity contribution is -0.313. The lowest BCUT2D eigenvalue weighted by Crippen LogP contribution is -2.45. The number of anilines is 1. The van der Waals surface area contributed by atoms with Gasteiger partial charge in [0.05, 0.1) is 38.5 Å². The van der Waals surface area contributed by atoms with E-state index >= 15 is 0 Å². The van der Waals surface area contributed by atoms with Crippen LogP contribution in [0.2, 0.25) is 0 Å². The van der Waals surface area contributed by atoms with E-state index in [9.17, 15) is 14.7 Å². The first-order valence-electron chi connectivity index (χ1n) is 7.62. The van der Waals surface area contributed by atoms with Crippen LogP contribution in [0.1, 0.15) is 0 Å². The van der Waals surface area contributed by atoms with Gasteiger partial charge in [0.25, 0.3) is 0 Å². The van der Waals surface area contributed by atoms with Gasteiger partial charge in [-0.2, -0.15) is 0 Å². The van der Waals surface area contributed by atoms with Crippen LogP contribution in [-0.2, 0) is 14.3 Å². The molecule has 0 aliphatic carbocycles. The number of benzene rings is 1. The number of hydrogen-bond donors (Lipinski definition) is 0. The maximum Gasteiger partial charge on any atom is 0.234 e.